The van der Waals surface area contributed by atoms with Gasteiger partial charge in [0.15, 0.2) is 0 Å². The molecular weight excluding hydrogens is 320 g/mol. The molecule has 0 unspecified atom stereocenters. The summed E-state index contributed by atoms with van der Waals surface area (Å²) in [7, 11) is 0. The average Bonchev–Trinajstić information content (AvgIpc) is 2.59. The zero-order valence-electron chi connectivity index (χ0n) is 17.5. The number of ether oxygens (including phenoxy) is 1. The van der Waals surface area contributed by atoms with E-state index in [0.29, 0.717) is 5.75 Å². The second kappa shape index (κ2) is 8.79. The van der Waals surface area contributed by atoms with Gasteiger partial charge in [0.2, 0.25) is 0 Å². The highest BCUT2D eigenvalue weighted by molar-refractivity contribution is 5.53. The number of aryl methyl sites for hydroxylation is 1. The van der Waals surface area contributed by atoms with Crippen molar-refractivity contribution in [1.82, 2.24) is 0 Å². The summed E-state index contributed by atoms with van der Waals surface area (Å²) in [5.74, 6) is 1.38. The monoisotopic (exact) mass is 356 g/mol. The van der Waals surface area contributed by atoms with Gasteiger partial charge < -0.3 is 9.84 Å². The highest BCUT2D eigenvalue weighted by atomic mass is 16.5. The van der Waals surface area contributed by atoms with Gasteiger partial charge in [-0.25, -0.2) is 0 Å². The lowest BCUT2D eigenvalue weighted by Gasteiger charge is -2.37. The Bertz CT molecular complexity index is 697. The first-order valence-corrected chi connectivity index (χ1v) is 10.1. The van der Waals surface area contributed by atoms with Crippen molar-refractivity contribution in [2.75, 3.05) is 0 Å². The summed E-state index contributed by atoms with van der Waals surface area (Å²) in [5, 5.41) is 10.0. The molecule has 0 aliphatic carbocycles. The summed E-state index contributed by atoms with van der Waals surface area (Å²) < 4.78 is 6.45. The van der Waals surface area contributed by atoms with Crippen LogP contribution in [0.25, 0.3) is 0 Å². The van der Waals surface area contributed by atoms with Crippen molar-refractivity contribution in [1.29, 1.82) is 0 Å². The smallest absolute Gasteiger partial charge is 0.126 e. The Morgan fingerprint density at radius 2 is 1.88 bits per heavy atom. The number of phenols is 1. The first-order chi connectivity index (χ1) is 12.3. The van der Waals surface area contributed by atoms with E-state index >= 15 is 0 Å². The highest BCUT2D eigenvalue weighted by Crippen LogP contribution is 2.42. The van der Waals surface area contributed by atoms with Crippen molar-refractivity contribution in [2.24, 2.45) is 0 Å². The van der Waals surface area contributed by atoms with Gasteiger partial charge in [0.05, 0.1) is 0 Å². The fourth-order valence-electron chi connectivity index (χ4n) is 3.66. The van der Waals surface area contributed by atoms with Gasteiger partial charge in [-0.2, -0.15) is 0 Å². The fraction of sp³-hybridized carbons (Fsp3) is 0.583. The van der Waals surface area contributed by atoms with Gasteiger partial charge in [-0.3, -0.25) is 0 Å². The SMILES string of the molecule is CC/C(C)=C/CC/C(C)=C/CC[C@]1(C)CCc2c(C)c(O)cc(C)c2O1. The standard InChI is InChI=1S/C24H36O2/c1-7-17(2)10-8-11-18(3)12-9-14-24(6)15-13-21-20(5)22(25)16-19(4)23(21)26-24/h10,12,16,25H,7-9,11,13-15H2,1-6H3/b17-10+,18-12+/t24-/m1/s1. The van der Waals surface area contributed by atoms with Gasteiger partial charge in [-0.05, 0) is 96.8 Å². The molecule has 1 N–H and O–H groups in total. The van der Waals surface area contributed by atoms with Crippen molar-refractivity contribution in [3.05, 3.63) is 46.1 Å². The Labute approximate surface area is 160 Å². The molecule has 1 aliphatic heterocycles. The third-order valence-corrected chi connectivity index (χ3v) is 5.83. The Hall–Kier alpha value is -1.70. The van der Waals surface area contributed by atoms with E-state index in [2.05, 4.69) is 39.8 Å². The van der Waals surface area contributed by atoms with E-state index in [1.807, 2.05) is 19.9 Å². The lowest BCUT2D eigenvalue weighted by atomic mass is 9.86. The normalized spacial score (nSPS) is 20.7. The largest absolute Gasteiger partial charge is 0.508 e. The predicted octanol–water partition coefficient (Wildman–Crippen LogP) is 6.96. The van der Waals surface area contributed by atoms with Crippen LogP contribution >= 0.6 is 0 Å². The van der Waals surface area contributed by atoms with Crippen LogP contribution in [0.3, 0.4) is 0 Å². The number of aromatic hydroxyl groups is 1. The predicted molar refractivity (Wildman–Crippen MR) is 111 cm³/mol. The van der Waals surface area contributed by atoms with Crippen LogP contribution in [0.15, 0.2) is 29.4 Å². The minimum absolute atomic E-state index is 0.114. The van der Waals surface area contributed by atoms with Crippen LogP contribution in [0.2, 0.25) is 0 Å². The summed E-state index contributed by atoms with van der Waals surface area (Å²) in [6, 6.07) is 1.83. The molecule has 0 radical (unpaired) electrons. The molecule has 0 amide bonds. The van der Waals surface area contributed by atoms with Gasteiger partial charge >= 0.3 is 0 Å². The zero-order chi connectivity index (χ0) is 19.3. The first-order valence-electron chi connectivity index (χ1n) is 10.1. The van der Waals surface area contributed by atoms with Gasteiger partial charge in [0.1, 0.15) is 17.1 Å². The Balaban J connectivity index is 1.94. The maximum absolute atomic E-state index is 10.0. The van der Waals surface area contributed by atoms with E-state index in [1.165, 1.54) is 16.7 Å². The van der Waals surface area contributed by atoms with Crippen LogP contribution in [-0.4, -0.2) is 10.7 Å². The van der Waals surface area contributed by atoms with E-state index in [0.717, 1.165) is 61.8 Å². The fourth-order valence-corrected chi connectivity index (χ4v) is 3.66. The zero-order valence-corrected chi connectivity index (χ0v) is 17.5. The molecule has 0 fully saturated rings. The molecule has 1 atom stereocenters. The maximum Gasteiger partial charge on any atom is 0.126 e. The highest BCUT2D eigenvalue weighted by Gasteiger charge is 2.33. The Morgan fingerprint density at radius 1 is 1.19 bits per heavy atom. The number of benzene rings is 1. The number of hydrogen-bond donors (Lipinski definition) is 1. The van der Waals surface area contributed by atoms with E-state index < -0.39 is 0 Å². The molecule has 0 bridgehead atoms. The van der Waals surface area contributed by atoms with Crippen LogP contribution in [-0.2, 0) is 6.42 Å². The van der Waals surface area contributed by atoms with Gasteiger partial charge in [-0.15, -0.1) is 0 Å². The molecule has 1 heterocycles. The van der Waals surface area contributed by atoms with Crippen molar-refractivity contribution in [3.63, 3.8) is 0 Å². The minimum atomic E-state index is -0.114. The van der Waals surface area contributed by atoms with Gasteiger partial charge in [-0.1, -0.05) is 30.2 Å². The van der Waals surface area contributed by atoms with Crippen LogP contribution in [0.5, 0.6) is 11.5 Å². The molecule has 1 aromatic carbocycles. The molecule has 144 valence electrons. The molecule has 0 spiro atoms. The average molecular weight is 357 g/mol. The van der Waals surface area contributed by atoms with Crippen LogP contribution in [0.1, 0.15) is 82.9 Å². The van der Waals surface area contributed by atoms with Gasteiger partial charge in [0.25, 0.3) is 0 Å². The molecule has 0 saturated carbocycles. The number of hydrogen-bond acceptors (Lipinski definition) is 2. The molecule has 1 aliphatic rings. The summed E-state index contributed by atoms with van der Waals surface area (Å²) in [6.45, 7) is 12.9. The third-order valence-electron chi connectivity index (χ3n) is 5.83. The van der Waals surface area contributed by atoms with E-state index in [4.69, 9.17) is 4.74 Å². The maximum atomic E-state index is 10.0. The van der Waals surface area contributed by atoms with E-state index in [1.54, 1.807) is 0 Å². The van der Waals surface area contributed by atoms with E-state index in [9.17, 15) is 5.11 Å². The number of fused-ring (bicyclic) bond motifs is 1. The lowest BCUT2D eigenvalue weighted by molar-refractivity contribution is 0.0559. The topological polar surface area (TPSA) is 29.5 Å². The molecule has 0 aromatic heterocycles. The minimum Gasteiger partial charge on any atom is -0.508 e. The summed E-state index contributed by atoms with van der Waals surface area (Å²) in [4.78, 5) is 0. The summed E-state index contributed by atoms with van der Waals surface area (Å²) in [6.07, 6.45) is 12.3. The lowest BCUT2D eigenvalue weighted by Crippen LogP contribution is -2.36. The molecule has 2 heteroatoms. The number of rotatable bonds is 7. The summed E-state index contributed by atoms with van der Waals surface area (Å²) in [5.41, 5.74) is 6.04. The second-order valence-corrected chi connectivity index (χ2v) is 8.23. The van der Waals surface area contributed by atoms with Crippen molar-refractivity contribution < 1.29 is 9.84 Å². The molecule has 26 heavy (non-hydrogen) atoms. The van der Waals surface area contributed by atoms with Gasteiger partial charge in [0, 0.05) is 5.56 Å². The first kappa shape index (κ1) is 20.6. The van der Waals surface area contributed by atoms with Crippen LogP contribution in [0.4, 0.5) is 0 Å². The molecule has 2 nitrogen and oxygen atoms in total. The molecule has 2 rings (SSSR count). The Morgan fingerprint density at radius 3 is 2.58 bits per heavy atom. The van der Waals surface area contributed by atoms with Crippen molar-refractivity contribution in [3.8, 4) is 11.5 Å². The third kappa shape index (κ3) is 5.16. The van der Waals surface area contributed by atoms with Crippen molar-refractivity contribution in [2.45, 2.75) is 92.1 Å². The molecule has 1 aromatic rings. The summed E-state index contributed by atoms with van der Waals surface area (Å²) >= 11 is 0. The van der Waals surface area contributed by atoms with Crippen LogP contribution < -0.4 is 4.74 Å². The second-order valence-electron chi connectivity index (χ2n) is 8.23. The Kier molecular flexibility index (Phi) is 6.97. The number of allylic oxidation sites excluding steroid dienone is 4. The van der Waals surface area contributed by atoms with Crippen molar-refractivity contribution >= 4 is 0 Å². The molecule has 0 saturated heterocycles. The van der Waals surface area contributed by atoms with E-state index in [-0.39, 0.29) is 5.60 Å². The number of phenolic OH excluding ortho intramolecular Hbond substituents is 1. The van der Waals surface area contributed by atoms with Crippen LogP contribution in [0, 0.1) is 13.8 Å². The quantitative estimate of drug-likeness (QED) is 0.535. The molecular formula is C24H36O2.